The van der Waals surface area contributed by atoms with Crippen molar-refractivity contribution in [1.82, 2.24) is 5.32 Å². The van der Waals surface area contributed by atoms with E-state index in [-0.39, 0.29) is 11.8 Å². The Hall–Kier alpha value is -1.14. The molecule has 1 N–H and O–H groups in total. The van der Waals surface area contributed by atoms with Gasteiger partial charge in [0, 0.05) is 12.1 Å². The van der Waals surface area contributed by atoms with E-state index in [0.717, 1.165) is 12.8 Å². The van der Waals surface area contributed by atoms with Crippen molar-refractivity contribution in [3.8, 4) is 5.75 Å². The maximum atomic E-state index is 10.8. The summed E-state index contributed by atoms with van der Waals surface area (Å²) in [6.07, 6.45) is 2.02. The van der Waals surface area contributed by atoms with E-state index in [2.05, 4.69) is 21.2 Å². The van der Waals surface area contributed by atoms with Crippen LogP contribution in [0.5, 0.6) is 5.75 Å². The fraction of sp³-hybridized carbons (Fsp3) is 0.455. The molecule has 0 radical (unpaired) electrons. The van der Waals surface area contributed by atoms with E-state index in [0.29, 0.717) is 16.3 Å². The van der Waals surface area contributed by atoms with Gasteiger partial charge in [-0.05, 0) is 41.9 Å². The van der Waals surface area contributed by atoms with Crippen molar-refractivity contribution in [2.24, 2.45) is 0 Å². The minimum absolute atomic E-state index is 0.0342. The van der Waals surface area contributed by atoms with Crippen molar-refractivity contribution < 1.29 is 9.66 Å². The van der Waals surface area contributed by atoms with Crippen molar-refractivity contribution >= 4 is 21.6 Å². The Kier molecular flexibility index (Phi) is 3.63. The van der Waals surface area contributed by atoms with Crippen LogP contribution in [0, 0.1) is 10.1 Å². The maximum Gasteiger partial charge on any atom is 0.287 e. The number of nitro groups is 1. The van der Waals surface area contributed by atoms with Gasteiger partial charge in [-0.1, -0.05) is 6.07 Å². The van der Waals surface area contributed by atoms with Gasteiger partial charge in [0.2, 0.25) is 0 Å². The molecule has 0 saturated heterocycles. The Balaban J connectivity index is 2.07. The molecule has 0 aromatic heterocycles. The van der Waals surface area contributed by atoms with Gasteiger partial charge in [-0.2, -0.15) is 0 Å². The second-order valence-electron chi connectivity index (χ2n) is 4.04. The molecule has 0 bridgehead atoms. The third-order valence-electron chi connectivity index (χ3n) is 2.94. The van der Waals surface area contributed by atoms with E-state index in [1.165, 1.54) is 6.07 Å². The van der Waals surface area contributed by atoms with Crippen LogP contribution < -0.4 is 10.1 Å². The quantitative estimate of drug-likeness (QED) is 0.685. The lowest BCUT2D eigenvalue weighted by Gasteiger charge is -2.35. The van der Waals surface area contributed by atoms with Gasteiger partial charge in [0.05, 0.1) is 4.92 Å². The number of hydrogen-bond donors (Lipinski definition) is 1. The van der Waals surface area contributed by atoms with Gasteiger partial charge in [-0.3, -0.25) is 10.1 Å². The highest BCUT2D eigenvalue weighted by Crippen LogP contribution is 2.36. The van der Waals surface area contributed by atoms with Crippen molar-refractivity contribution in [2.45, 2.75) is 25.0 Å². The summed E-state index contributed by atoms with van der Waals surface area (Å²) in [6, 6.07) is 5.32. The smallest absolute Gasteiger partial charge is 0.287 e. The molecule has 1 aliphatic carbocycles. The highest BCUT2D eigenvalue weighted by atomic mass is 79.9. The van der Waals surface area contributed by atoms with Gasteiger partial charge < -0.3 is 10.1 Å². The van der Waals surface area contributed by atoms with Crippen molar-refractivity contribution in [1.29, 1.82) is 0 Å². The van der Waals surface area contributed by atoms with Crippen LogP contribution in [0.1, 0.15) is 12.8 Å². The summed E-state index contributed by atoms with van der Waals surface area (Å²) in [5.41, 5.74) is 0.0342. The number of nitrogens with one attached hydrogen (secondary N) is 1. The lowest BCUT2D eigenvalue weighted by atomic mass is 9.89. The fourth-order valence-corrected chi connectivity index (χ4v) is 2.31. The zero-order valence-electron chi connectivity index (χ0n) is 9.35. The number of halogens is 1. The first-order chi connectivity index (χ1) is 8.11. The summed E-state index contributed by atoms with van der Waals surface area (Å²) in [6.45, 7) is 0. The average molecular weight is 301 g/mol. The monoisotopic (exact) mass is 300 g/mol. The summed E-state index contributed by atoms with van der Waals surface area (Å²) in [4.78, 5) is 10.3. The van der Waals surface area contributed by atoms with Gasteiger partial charge >= 0.3 is 0 Å². The predicted octanol–water partition coefficient (Wildman–Crippen LogP) is 2.49. The summed E-state index contributed by atoms with van der Waals surface area (Å²) >= 11 is 3.21. The number of benzene rings is 1. The lowest BCUT2D eigenvalue weighted by molar-refractivity contribution is -0.385. The van der Waals surface area contributed by atoms with E-state index in [9.17, 15) is 10.1 Å². The van der Waals surface area contributed by atoms with E-state index >= 15 is 0 Å². The van der Waals surface area contributed by atoms with E-state index in [4.69, 9.17) is 4.74 Å². The minimum Gasteiger partial charge on any atom is -0.489 e. The Labute approximate surface area is 107 Å². The zero-order valence-corrected chi connectivity index (χ0v) is 10.9. The molecular formula is C11H13BrN2O3. The van der Waals surface area contributed by atoms with Gasteiger partial charge in [-0.15, -0.1) is 0 Å². The molecule has 0 aliphatic heterocycles. The lowest BCUT2D eigenvalue weighted by Crippen LogP contribution is -2.45. The van der Waals surface area contributed by atoms with Crippen LogP contribution in [-0.2, 0) is 0 Å². The van der Waals surface area contributed by atoms with Crippen molar-refractivity contribution in [2.75, 3.05) is 7.05 Å². The molecule has 1 aliphatic rings. The molecule has 92 valence electrons. The summed E-state index contributed by atoms with van der Waals surface area (Å²) in [7, 11) is 1.92. The molecular weight excluding hydrogens is 288 g/mol. The first kappa shape index (κ1) is 12.3. The van der Waals surface area contributed by atoms with Crippen LogP contribution in [0.3, 0.4) is 0 Å². The topological polar surface area (TPSA) is 64.4 Å². The van der Waals surface area contributed by atoms with Crippen molar-refractivity contribution in [3.63, 3.8) is 0 Å². The van der Waals surface area contributed by atoms with Crippen LogP contribution in [0.15, 0.2) is 22.7 Å². The van der Waals surface area contributed by atoms with E-state index in [1.807, 2.05) is 7.05 Å². The Morgan fingerprint density at radius 3 is 2.82 bits per heavy atom. The largest absolute Gasteiger partial charge is 0.489 e. The van der Waals surface area contributed by atoms with E-state index < -0.39 is 4.92 Å². The fourth-order valence-electron chi connectivity index (χ4n) is 1.81. The molecule has 1 aromatic carbocycles. The standard InChI is InChI=1S/C11H13BrN2O3/c1-13-7-5-8(6-7)17-10-4-2-3-9(11(10)12)14(15)16/h2-4,7-8,13H,5-6H2,1H3. The second-order valence-corrected chi connectivity index (χ2v) is 4.84. The molecule has 17 heavy (non-hydrogen) atoms. The number of ether oxygens (including phenoxy) is 1. The first-order valence-corrected chi connectivity index (χ1v) is 6.18. The first-order valence-electron chi connectivity index (χ1n) is 5.38. The van der Waals surface area contributed by atoms with Gasteiger partial charge in [0.1, 0.15) is 16.3 Å². The normalized spacial score (nSPS) is 22.9. The summed E-state index contributed by atoms with van der Waals surface area (Å²) in [5, 5.41) is 13.9. The molecule has 0 atom stereocenters. The van der Waals surface area contributed by atoms with Crippen LogP contribution in [0.25, 0.3) is 0 Å². The number of nitrogens with zero attached hydrogens (tertiary/aromatic N) is 1. The molecule has 2 rings (SSSR count). The number of hydrogen-bond acceptors (Lipinski definition) is 4. The molecule has 5 nitrogen and oxygen atoms in total. The predicted molar refractivity (Wildman–Crippen MR) is 67.3 cm³/mol. The van der Waals surface area contributed by atoms with Gasteiger partial charge in [0.15, 0.2) is 0 Å². The van der Waals surface area contributed by atoms with Gasteiger partial charge in [-0.25, -0.2) is 0 Å². The summed E-state index contributed by atoms with van der Waals surface area (Å²) in [5.74, 6) is 0.541. The third-order valence-corrected chi connectivity index (χ3v) is 3.73. The molecule has 6 heteroatoms. The SMILES string of the molecule is CNC1CC(Oc2cccc([N+](=O)[O-])c2Br)C1. The average Bonchev–Trinajstić information content (AvgIpc) is 2.24. The zero-order chi connectivity index (χ0) is 12.4. The molecule has 1 saturated carbocycles. The van der Waals surface area contributed by atoms with Crippen LogP contribution in [0.2, 0.25) is 0 Å². The van der Waals surface area contributed by atoms with Crippen LogP contribution >= 0.6 is 15.9 Å². The third kappa shape index (κ3) is 2.58. The second kappa shape index (κ2) is 5.01. The Morgan fingerprint density at radius 2 is 2.24 bits per heavy atom. The number of rotatable bonds is 4. The van der Waals surface area contributed by atoms with Gasteiger partial charge in [0.25, 0.3) is 5.69 Å². The number of nitro benzene ring substituents is 1. The summed E-state index contributed by atoms with van der Waals surface area (Å²) < 4.78 is 6.13. The molecule has 0 amide bonds. The van der Waals surface area contributed by atoms with Crippen molar-refractivity contribution in [3.05, 3.63) is 32.8 Å². The molecule has 0 heterocycles. The molecule has 1 aromatic rings. The minimum atomic E-state index is -0.423. The molecule has 0 unspecified atom stereocenters. The maximum absolute atomic E-state index is 10.8. The van der Waals surface area contributed by atoms with E-state index in [1.54, 1.807) is 12.1 Å². The van der Waals surface area contributed by atoms with Crippen LogP contribution in [0.4, 0.5) is 5.69 Å². The Morgan fingerprint density at radius 1 is 1.53 bits per heavy atom. The molecule has 0 spiro atoms. The molecule has 1 fully saturated rings. The Bertz CT molecular complexity index is 433. The highest BCUT2D eigenvalue weighted by molar-refractivity contribution is 9.10. The highest BCUT2D eigenvalue weighted by Gasteiger charge is 2.30. The van der Waals surface area contributed by atoms with Crippen LogP contribution in [-0.4, -0.2) is 24.1 Å².